The van der Waals surface area contributed by atoms with Gasteiger partial charge in [0.1, 0.15) is 6.04 Å². The van der Waals surface area contributed by atoms with E-state index in [1.54, 1.807) is 36.3 Å². The molecule has 0 aliphatic carbocycles. The highest BCUT2D eigenvalue weighted by atomic mass is 35.5. The number of nitrogens with one attached hydrogen (secondary N) is 2. The average Bonchev–Trinajstić information content (AvgIpc) is 3.25. The van der Waals surface area contributed by atoms with Gasteiger partial charge in [0.25, 0.3) is 0 Å². The van der Waals surface area contributed by atoms with E-state index in [-0.39, 0.29) is 5.91 Å². The van der Waals surface area contributed by atoms with Gasteiger partial charge in [-0.15, -0.1) is 0 Å². The molecule has 7 nitrogen and oxygen atoms in total. The van der Waals surface area contributed by atoms with Gasteiger partial charge < -0.3 is 25.2 Å². The molecule has 2 saturated heterocycles. The number of urea groups is 1. The zero-order valence-electron chi connectivity index (χ0n) is 18.2. The fourth-order valence-corrected chi connectivity index (χ4v) is 4.62. The van der Waals surface area contributed by atoms with E-state index in [0.29, 0.717) is 29.7 Å². The molecular weight excluding hydrogens is 428 g/mol. The lowest BCUT2D eigenvalue weighted by atomic mass is 10.0. The number of amides is 3. The van der Waals surface area contributed by atoms with Gasteiger partial charge in [-0.2, -0.15) is 0 Å². The lowest BCUT2D eigenvalue weighted by Gasteiger charge is -2.33. The zero-order valence-corrected chi connectivity index (χ0v) is 19.0. The normalized spacial score (nSPS) is 21.0. The van der Waals surface area contributed by atoms with E-state index in [2.05, 4.69) is 27.7 Å². The molecule has 32 heavy (non-hydrogen) atoms. The lowest BCUT2D eigenvalue weighted by Crippen LogP contribution is -2.53. The Morgan fingerprint density at radius 1 is 1.03 bits per heavy atom. The van der Waals surface area contributed by atoms with Crippen LogP contribution in [0.5, 0.6) is 0 Å². The molecule has 2 atom stereocenters. The third kappa shape index (κ3) is 5.16. The Morgan fingerprint density at radius 2 is 1.72 bits per heavy atom. The van der Waals surface area contributed by atoms with Gasteiger partial charge >= 0.3 is 6.03 Å². The van der Waals surface area contributed by atoms with Crippen LogP contribution in [0.25, 0.3) is 0 Å². The van der Waals surface area contributed by atoms with E-state index < -0.39 is 12.1 Å². The molecule has 2 fully saturated rings. The molecule has 2 aliphatic heterocycles. The summed E-state index contributed by atoms with van der Waals surface area (Å²) in [5, 5.41) is 6.16. The third-order valence-electron chi connectivity index (χ3n) is 6.08. The van der Waals surface area contributed by atoms with Crippen LogP contribution in [0.2, 0.25) is 5.02 Å². The number of hydrogen-bond donors (Lipinski definition) is 2. The van der Waals surface area contributed by atoms with E-state index in [1.807, 2.05) is 12.1 Å². The molecule has 0 aromatic heterocycles. The first-order chi connectivity index (χ1) is 15.5. The number of rotatable bonds is 6. The number of carbonyl (C=O) groups excluding carboxylic acids is 2. The summed E-state index contributed by atoms with van der Waals surface area (Å²) in [5.41, 5.74) is 2.62. The van der Waals surface area contributed by atoms with Gasteiger partial charge in [-0.05, 0) is 74.2 Å². The maximum atomic E-state index is 13.1. The molecule has 2 aliphatic rings. The van der Waals surface area contributed by atoms with Crippen molar-refractivity contribution in [2.24, 2.45) is 0 Å². The summed E-state index contributed by atoms with van der Waals surface area (Å²) in [5.74, 6) is -0.0892. The summed E-state index contributed by atoms with van der Waals surface area (Å²) in [4.78, 5) is 29.6. The Bertz CT molecular complexity index is 935. The highest BCUT2D eigenvalue weighted by Crippen LogP contribution is 2.29. The van der Waals surface area contributed by atoms with E-state index in [4.69, 9.17) is 16.3 Å². The first-order valence-electron chi connectivity index (χ1n) is 11.1. The Hall–Kier alpha value is -2.77. The molecule has 2 aromatic rings. The highest BCUT2D eigenvalue weighted by Gasteiger charge is 2.31. The molecule has 3 amide bonds. The molecule has 4 rings (SSSR count). The summed E-state index contributed by atoms with van der Waals surface area (Å²) < 4.78 is 5.36. The summed E-state index contributed by atoms with van der Waals surface area (Å²) in [6, 6.07) is 14.4. The second-order valence-corrected chi connectivity index (χ2v) is 8.69. The smallest absolute Gasteiger partial charge is 0.319 e. The Morgan fingerprint density at radius 3 is 2.44 bits per heavy atom. The number of benzene rings is 2. The van der Waals surface area contributed by atoms with Crippen LogP contribution in [0.3, 0.4) is 0 Å². The molecule has 2 heterocycles. The molecule has 2 unspecified atom stereocenters. The minimum absolute atomic E-state index is 0.0892. The van der Waals surface area contributed by atoms with Crippen LogP contribution in [0, 0.1) is 0 Å². The molecule has 0 bridgehead atoms. The predicted octanol–water partition coefficient (Wildman–Crippen LogP) is 4.27. The van der Waals surface area contributed by atoms with Crippen molar-refractivity contribution in [2.45, 2.75) is 37.8 Å². The van der Waals surface area contributed by atoms with Gasteiger partial charge in [0.15, 0.2) is 0 Å². The number of methoxy groups -OCH3 is 1. The number of nitrogens with zero attached hydrogens (tertiary/aromatic N) is 2. The van der Waals surface area contributed by atoms with Crippen molar-refractivity contribution >= 4 is 40.6 Å². The molecule has 0 spiro atoms. The van der Waals surface area contributed by atoms with Crippen molar-refractivity contribution in [1.82, 2.24) is 5.32 Å². The fourth-order valence-electron chi connectivity index (χ4n) is 4.49. The first kappa shape index (κ1) is 22.4. The number of piperidine rings is 1. The van der Waals surface area contributed by atoms with Crippen molar-refractivity contribution in [3.8, 4) is 0 Å². The van der Waals surface area contributed by atoms with Crippen molar-refractivity contribution in [2.75, 3.05) is 41.9 Å². The Labute approximate surface area is 193 Å². The van der Waals surface area contributed by atoms with Crippen LogP contribution in [0.15, 0.2) is 48.5 Å². The quantitative estimate of drug-likeness (QED) is 0.680. The van der Waals surface area contributed by atoms with E-state index in [9.17, 15) is 9.59 Å². The molecule has 170 valence electrons. The van der Waals surface area contributed by atoms with E-state index >= 15 is 0 Å². The monoisotopic (exact) mass is 456 g/mol. The fraction of sp³-hybridized carbons (Fsp3) is 0.417. The summed E-state index contributed by atoms with van der Waals surface area (Å²) in [7, 11) is 1.74. The minimum Gasteiger partial charge on any atom is -0.383 e. The van der Waals surface area contributed by atoms with Crippen LogP contribution in [-0.4, -0.2) is 50.8 Å². The van der Waals surface area contributed by atoms with Crippen molar-refractivity contribution < 1.29 is 14.3 Å². The highest BCUT2D eigenvalue weighted by molar-refractivity contribution is 6.30. The van der Waals surface area contributed by atoms with Gasteiger partial charge in [-0.3, -0.25) is 4.79 Å². The maximum absolute atomic E-state index is 13.1. The molecule has 0 saturated carbocycles. The largest absolute Gasteiger partial charge is 0.383 e. The second-order valence-electron chi connectivity index (χ2n) is 8.25. The summed E-state index contributed by atoms with van der Waals surface area (Å²) >= 11 is 5.88. The van der Waals surface area contributed by atoms with Crippen LogP contribution < -0.4 is 20.4 Å². The van der Waals surface area contributed by atoms with Crippen LogP contribution in [0.1, 0.15) is 25.7 Å². The number of carbonyl (C=O) groups is 2. The van der Waals surface area contributed by atoms with Gasteiger partial charge in [-0.1, -0.05) is 11.6 Å². The van der Waals surface area contributed by atoms with Crippen LogP contribution >= 0.6 is 11.6 Å². The molecule has 0 radical (unpaired) electrons. The minimum atomic E-state index is -0.555. The predicted molar refractivity (Wildman–Crippen MR) is 128 cm³/mol. The average molecular weight is 457 g/mol. The van der Waals surface area contributed by atoms with E-state index in [1.165, 1.54) is 0 Å². The number of anilines is 3. The van der Waals surface area contributed by atoms with Crippen molar-refractivity contribution in [3.63, 3.8) is 0 Å². The maximum Gasteiger partial charge on any atom is 0.319 e. The molecule has 2 aromatic carbocycles. The van der Waals surface area contributed by atoms with Crippen molar-refractivity contribution in [3.05, 3.63) is 53.6 Å². The summed E-state index contributed by atoms with van der Waals surface area (Å²) in [6.45, 7) is 2.38. The Kier molecular flexibility index (Phi) is 7.17. The van der Waals surface area contributed by atoms with Gasteiger partial charge in [0, 0.05) is 42.3 Å². The summed E-state index contributed by atoms with van der Waals surface area (Å²) in [6.07, 6.45) is 3.73. The number of halogens is 1. The molecular formula is C24H29ClN4O3. The van der Waals surface area contributed by atoms with Crippen LogP contribution in [0.4, 0.5) is 21.9 Å². The SMILES string of the molecule is COCC1CCCN1c1ccc(N2CCCC(NC(=O)Nc3ccc(Cl)cc3)C2=O)cc1. The standard InChI is InChI=1S/C24H29ClN4O3/c1-32-16-21-4-2-14-28(21)19-10-12-20(13-11-19)29-15-3-5-22(23(29)30)27-24(31)26-18-8-6-17(25)7-9-18/h6-13,21-22H,2-5,14-16H2,1H3,(H2,26,27,31). The van der Waals surface area contributed by atoms with Gasteiger partial charge in [0.2, 0.25) is 5.91 Å². The van der Waals surface area contributed by atoms with Gasteiger partial charge in [-0.25, -0.2) is 4.79 Å². The Balaban J connectivity index is 1.38. The van der Waals surface area contributed by atoms with Gasteiger partial charge in [0.05, 0.1) is 12.6 Å². The zero-order chi connectivity index (χ0) is 22.5. The molecule has 8 heteroatoms. The third-order valence-corrected chi connectivity index (χ3v) is 6.33. The number of ether oxygens (including phenoxy) is 1. The lowest BCUT2D eigenvalue weighted by molar-refractivity contribution is -0.121. The van der Waals surface area contributed by atoms with E-state index in [0.717, 1.165) is 43.8 Å². The van der Waals surface area contributed by atoms with Crippen LogP contribution in [-0.2, 0) is 9.53 Å². The first-order valence-corrected chi connectivity index (χ1v) is 11.4. The van der Waals surface area contributed by atoms with Crippen molar-refractivity contribution in [1.29, 1.82) is 0 Å². The number of hydrogen-bond acceptors (Lipinski definition) is 4. The topological polar surface area (TPSA) is 73.9 Å². The molecule has 2 N–H and O–H groups in total. The second kappa shape index (κ2) is 10.2.